The molecule has 2 atom stereocenters. The smallest absolute Gasteiger partial charge is 0.201 e. The van der Waals surface area contributed by atoms with Crippen LogP contribution in [0.1, 0.15) is 36.2 Å². The van der Waals surface area contributed by atoms with Gasteiger partial charge < -0.3 is 10.2 Å². The van der Waals surface area contributed by atoms with Crippen LogP contribution in [0.2, 0.25) is 0 Å². The van der Waals surface area contributed by atoms with Crippen LogP contribution in [0, 0.1) is 5.92 Å². The molecule has 0 spiro atoms. The van der Waals surface area contributed by atoms with Crippen molar-refractivity contribution in [3.05, 3.63) is 24.2 Å². The van der Waals surface area contributed by atoms with Gasteiger partial charge in [-0.15, -0.1) is 0 Å². The standard InChI is InChI=1S/C11H15NO2/c12-9-4-1-3-8(7-9)11(13)10-5-2-6-14-10/h2,5-6,8-9H,1,3-4,7,12H2. The summed E-state index contributed by atoms with van der Waals surface area (Å²) in [6, 6.07) is 3.66. The Morgan fingerprint density at radius 2 is 2.36 bits per heavy atom. The molecule has 2 N–H and O–H groups in total. The first-order valence-electron chi connectivity index (χ1n) is 5.10. The number of carbonyl (C=O) groups excluding carboxylic acids is 1. The molecule has 14 heavy (non-hydrogen) atoms. The van der Waals surface area contributed by atoms with Crippen LogP contribution in [0.4, 0.5) is 0 Å². The van der Waals surface area contributed by atoms with Crippen LogP contribution in [0.15, 0.2) is 22.8 Å². The Labute approximate surface area is 83.3 Å². The average molecular weight is 193 g/mol. The lowest BCUT2D eigenvalue weighted by molar-refractivity contribution is 0.0852. The highest BCUT2D eigenvalue weighted by Gasteiger charge is 2.27. The van der Waals surface area contributed by atoms with Crippen molar-refractivity contribution in [2.45, 2.75) is 31.7 Å². The maximum atomic E-state index is 11.9. The van der Waals surface area contributed by atoms with Gasteiger partial charge in [0.05, 0.1) is 6.26 Å². The van der Waals surface area contributed by atoms with Crippen molar-refractivity contribution in [1.29, 1.82) is 0 Å². The van der Waals surface area contributed by atoms with Gasteiger partial charge in [-0.05, 0) is 31.4 Å². The molecule has 0 radical (unpaired) electrons. The second-order valence-corrected chi connectivity index (χ2v) is 3.97. The molecule has 1 aromatic rings. The molecule has 0 bridgehead atoms. The van der Waals surface area contributed by atoms with Crippen LogP contribution in [0.3, 0.4) is 0 Å². The van der Waals surface area contributed by atoms with Gasteiger partial charge in [0.2, 0.25) is 5.78 Å². The zero-order chi connectivity index (χ0) is 9.97. The Morgan fingerprint density at radius 1 is 1.50 bits per heavy atom. The Morgan fingerprint density at radius 3 is 3.00 bits per heavy atom. The van der Waals surface area contributed by atoms with Crippen molar-refractivity contribution in [3.8, 4) is 0 Å². The summed E-state index contributed by atoms with van der Waals surface area (Å²) in [7, 11) is 0. The van der Waals surface area contributed by atoms with E-state index in [4.69, 9.17) is 10.2 Å². The van der Waals surface area contributed by atoms with E-state index in [-0.39, 0.29) is 17.7 Å². The zero-order valence-electron chi connectivity index (χ0n) is 8.11. The summed E-state index contributed by atoms with van der Waals surface area (Å²) in [4.78, 5) is 11.9. The van der Waals surface area contributed by atoms with E-state index in [9.17, 15) is 4.79 Å². The van der Waals surface area contributed by atoms with E-state index in [0.717, 1.165) is 25.7 Å². The molecular formula is C11H15NO2. The number of hydrogen-bond acceptors (Lipinski definition) is 3. The van der Waals surface area contributed by atoms with Crippen molar-refractivity contribution in [2.75, 3.05) is 0 Å². The van der Waals surface area contributed by atoms with Gasteiger partial charge >= 0.3 is 0 Å². The van der Waals surface area contributed by atoms with Crippen molar-refractivity contribution in [3.63, 3.8) is 0 Å². The molecule has 0 amide bonds. The minimum absolute atomic E-state index is 0.0740. The van der Waals surface area contributed by atoms with Crippen molar-refractivity contribution in [2.24, 2.45) is 11.7 Å². The second-order valence-electron chi connectivity index (χ2n) is 3.97. The molecule has 76 valence electrons. The first-order valence-corrected chi connectivity index (χ1v) is 5.10. The molecular weight excluding hydrogens is 178 g/mol. The van der Waals surface area contributed by atoms with E-state index in [1.54, 1.807) is 12.1 Å². The van der Waals surface area contributed by atoms with Crippen molar-refractivity contribution in [1.82, 2.24) is 0 Å². The monoisotopic (exact) mass is 193 g/mol. The highest BCUT2D eigenvalue weighted by Crippen LogP contribution is 2.26. The summed E-state index contributed by atoms with van der Waals surface area (Å²) in [5.74, 6) is 0.666. The lowest BCUT2D eigenvalue weighted by Gasteiger charge is -2.24. The summed E-state index contributed by atoms with van der Waals surface area (Å²) < 4.78 is 5.09. The number of ketones is 1. The molecule has 1 saturated carbocycles. The maximum absolute atomic E-state index is 11.9. The third kappa shape index (κ3) is 1.87. The third-order valence-electron chi connectivity index (χ3n) is 2.85. The topological polar surface area (TPSA) is 56.2 Å². The van der Waals surface area contributed by atoms with Crippen LogP contribution in [-0.2, 0) is 0 Å². The van der Waals surface area contributed by atoms with Crippen LogP contribution < -0.4 is 5.73 Å². The lowest BCUT2D eigenvalue weighted by atomic mass is 9.83. The molecule has 0 aliphatic heterocycles. The largest absolute Gasteiger partial charge is 0.461 e. The number of nitrogens with two attached hydrogens (primary N) is 1. The van der Waals surface area contributed by atoms with E-state index < -0.39 is 0 Å². The Balaban J connectivity index is 2.04. The SMILES string of the molecule is NC1CCCC(C(=O)c2ccco2)C1. The molecule has 3 nitrogen and oxygen atoms in total. The van der Waals surface area contributed by atoms with Crippen molar-refractivity contribution < 1.29 is 9.21 Å². The van der Waals surface area contributed by atoms with Gasteiger partial charge in [-0.25, -0.2) is 0 Å². The highest BCUT2D eigenvalue weighted by molar-refractivity contribution is 5.95. The average Bonchev–Trinajstić information content (AvgIpc) is 2.69. The van der Waals surface area contributed by atoms with Crippen molar-refractivity contribution >= 4 is 5.78 Å². The second kappa shape index (κ2) is 3.96. The van der Waals surface area contributed by atoms with Gasteiger partial charge in [0.25, 0.3) is 0 Å². The summed E-state index contributed by atoms with van der Waals surface area (Å²) in [5.41, 5.74) is 5.83. The normalized spacial score (nSPS) is 27.5. The fourth-order valence-corrected chi connectivity index (χ4v) is 2.09. The summed E-state index contributed by atoms with van der Waals surface area (Å²) >= 11 is 0. The minimum Gasteiger partial charge on any atom is -0.461 e. The molecule has 1 fully saturated rings. The van der Waals surface area contributed by atoms with Crippen LogP contribution in [0.5, 0.6) is 0 Å². The molecule has 2 rings (SSSR count). The van der Waals surface area contributed by atoms with Crippen LogP contribution in [0.25, 0.3) is 0 Å². The predicted molar refractivity (Wildman–Crippen MR) is 53.0 cm³/mol. The summed E-state index contributed by atoms with van der Waals surface area (Å²) in [6.45, 7) is 0. The number of furan rings is 1. The first-order chi connectivity index (χ1) is 6.77. The quantitative estimate of drug-likeness (QED) is 0.730. The Kier molecular flexibility index (Phi) is 2.68. The summed E-state index contributed by atoms with van der Waals surface area (Å²) in [6.07, 6.45) is 5.39. The molecule has 1 aliphatic rings. The molecule has 3 heteroatoms. The minimum atomic E-state index is 0.0740. The number of carbonyl (C=O) groups is 1. The number of Topliss-reactive ketones (excluding diaryl/α,β-unsaturated/α-hetero) is 1. The van der Waals surface area contributed by atoms with Gasteiger partial charge in [-0.1, -0.05) is 6.42 Å². The van der Waals surface area contributed by atoms with Gasteiger partial charge in [0.1, 0.15) is 0 Å². The molecule has 1 aliphatic carbocycles. The third-order valence-corrected chi connectivity index (χ3v) is 2.85. The van der Waals surface area contributed by atoms with Crippen LogP contribution in [-0.4, -0.2) is 11.8 Å². The molecule has 0 saturated heterocycles. The maximum Gasteiger partial charge on any atom is 0.201 e. The Hall–Kier alpha value is -1.09. The van der Waals surface area contributed by atoms with E-state index >= 15 is 0 Å². The van der Waals surface area contributed by atoms with E-state index in [2.05, 4.69) is 0 Å². The van der Waals surface area contributed by atoms with E-state index in [1.165, 1.54) is 6.26 Å². The highest BCUT2D eigenvalue weighted by atomic mass is 16.3. The Bertz CT molecular complexity index is 305. The molecule has 1 aromatic heterocycles. The van der Waals surface area contributed by atoms with E-state index in [1.807, 2.05) is 0 Å². The molecule has 0 aromatic carbocycles. The zero-order valence-corrected chi connectivity index (χ0v) is 8.11. The molecule has 1 heterocycles. The van der Waals surface area contributed by atoms with Gasteiger partial charge in [-0.2, -0.15) is 0 Å². The fraction of sp³-hybridized carbons (Fsp3) is 0.545. The lowest BCUT2D eigenvalue weighted by Crippen LogP contribution is -2.31. The number of rotatable bonds is 2. The first kappa shape index (κ1) is 9.46. The van der Waals surface area contributed by atoms with Crippen LogP contribution >= 0.6 is 0 Å². The van der Waals surface area contributed by atoms with Gasteiger partial charge in [0.15, 0.2) is 5.76 Å². The van der Waals surface area contributed by atoms with Gasteiger partial charge in [0, 0.05) is 12.0 Å². The predicted octanol–water partition coefficient (Wildman–Crippen LogP) is 1.98. The fourth-order valence-electron chi connectivity index (χ4n) is 2.09. The molecule has 2 unspecified atom stereocenters. The number of hydrogen-bond donors (Lipinski definition) is 1. The summed E-state index contributed by atoms with van der Waals surface area (Å²) in [5, 5.41) is 0. The van der Waals surface area contributed by atoms with Gasteiger partial charge in [-0.3, -0.25) is 4.79 Å². The van der Waals surface area contributed by atoms with E-state index in [0.29, 0.717) is 5.76 Å².